The van der Waals surface area contributed by atoms with Gasteiger partial charge in [-0.05, 0) is 63.5 Å². The van der Waals surface area contributed by atoms with Crippen molar-refractivity contribution in [3.8, 4) is 6.07 Å². The highest BCUT2D eigenvalue weighted by Gasteiger charge is 2.41. The second kappa shape index (κ2) is 5.40. The molecular weight excluding hydrogens is 208 g/mol. The Hall–Kier alpha value is -0.550. The van der Waals surface area contributed by atoms with Crippen LogP contribution in [0.25, 0.3) is 0 Å². The molecule has 1 aliphatic carbocycles. The van der Waals surface area contributed by atoms with Gasteiger partial charge in [-0.2, -0.15) is 5.26 Å². The molecule has 2 aliphatic rings. The number of nitriles is 1. The van der Waals surface area contributed by atoms with Gasteiger partial charge in [-0.25, -0.2) is 0 Å². The lowest BCUT2D eigenvalue weighted by Crippen LogP contribution is -2.52. The molecule has 0 radical (unpaired) electrons. The fourth-order valence-electron chi connectivity index (χ4n) is 3.61. The van der Waals surface area contributed by atoms with Crippen LogP contribution < -0.4 is 0 Å². The first-order valence-electron chi connectivity index (χ1n) is 7.34. The van der Waals surface area contributed by atoms with Crippen molar-refractivity contribution in [1.29, 1.82) is 5.26 Å². The summed E-state index contributed by atoms with van der Waals surface area (Å²) in [6, 6.07) is 2.67. The maximum absolute atomic E-state index is 9.63. The number of hydrogen-bond acceptors (Lipinski definition) is 2. The lowest BCUT2D eigenvalue weighted by molar-refractivity contribution is 0.0555. The molecule has 0 atom stereocenters. The molecule has 2 fully saturated rings. The molecule has 0 aromatic rings. The van der Waals surface area contributed by atoms with Crippen molar-refractivity contribution in [3.63, 3.8) is 0 Å². The monoisotopic (exact) mass is 234 g/mol. The predicted octanol–water partition coefficient (Wildman–Crippen LogP) is 3.58. The summed E-state index contributed by atoms with van der Waals surface area (Å²) in [6.45, 7) is 6.95. The van der Waals surface area contributed by atoms with Crippen LogP contribution in [0.3, 0.4) is 0 Å². The summed E-state index contributed by atoms with van der Waals surface area (Å²) in [5.74, 6) is 1.63. The van der Waals surface area contributed by atoms with Crippen LogP contribution in [0, 0.1) is 23.2 Å². The molecule has 96 valence electrons. The summed E-state index contributed by atoms with van der Waals surface area (Å²) in [6.07, 6.45) is 8.64. The molecule has 0 aromatic heterocycles. The number of nitrogens with zero attached hydrogens (tertiary/aromatic N) is 2. The molecule has 0 amide bonds. The Morgan fingerprint density at radius 1 is 1.12 bits per heavy atom. The van der Waals surface area contributed by atoms with Crippen LogP contribution >= 0.6 is 0 Å². The zero-order chi connectivity index (χ0) is 12.3. The quantitative estimate of drug-likeness (QED) is 0.730. The average Bonchev–Trinajstić information content (AvgIpc) is 2.40. The van der Waals surface area contributed by atoms with Crippen molar-refractivity contribution in [2.45, 2.75) is 64.3 Å². The molecule has 17 heavy (non-hydrogen) atoms. The normalized spacial score (nSPS) is 35.8. The Bertz CT molecular complexity index is 276. The van der Waals surface area contributed by atoms with E-state index in [1.54, 1.807) is 0 Å². The summed E-state index contributed by atoms with van der Waals surface area (Å²) < 4.78 is 0. The van der Waals surface area contributed by atoms with Crippen LogP contribution in [0.4, 0.5) is 0 Å². The molecule has 1 saturated heterocycles. The largest absolute Gasteiger partial charge is 0.286 e. The van der Waals surface area contributed by atoms with Gasteiger partial charge in [-0.3, -0.25) is 4.90 Å². The molecule has 1 heterocycles. The first-order valence-corrected chi connectivity index (χ1v) is 7.34. The van der Waals surface area contributed by atoms with E-state index in [9.17, 15) is 5.26 Å². The SMILES string of the molecule is CC(C)C1CCC(C#N)(N2CCCCC2)CC1. The Morgan fingerprint density at radius 2 is 1.71 bits per heavy atom. The smallest absolute Gasteiger partial charge is 0.109 e. The maximum atomic E-state index is 9.63. The van der Waals surface area contributed by atoms with E-state index in [1.807, 2.05) is 0 Å². The fraction of sp³-hybridized carbons (Fsp3) is 0.933. The Kier molecular flexibility index (Phi) is 4.09. The second-order valence-electron chi connectivity index (χ2n) is 6.27. The lowest BCUT2D eigenvalue weighted by Gasteiger charge is -2.45. The molecule has 0 aromatic carbocycles. The standard InChI is InChI=1S/C15H26N2/c1-13(2)14-6-8-15(12-16,9-7-14)17-10-4-3-5-11-17/h13-14H,3-11H2,1-2H3. The maximum Gasteiger partial charge on any atom is 0.109 e. The minimum absolute atomic E-state index is 0.105. The van der Waals surface area contributed by atoms with Gasteiger partial charge in [-0.15, -0.1) is 0 Å². The van der Waals surface area contributed by atoms with E-state index in [1.165, 1.54) is 32.1 Å². The molecule has 2 nitrogen and oxygen atoms in total. The van der Waals surface area contributed by atoms with Gasteiger partial charge in [0, 0.05) is 0 Å². The highest BCUT2D eigenvalue weighted by molar-refractivity contribution is 5.11. The first-order chi connectivity index (χ1) is 8.18. The summed E-state index contributed by atoms with van der Waals surface area (Å²) in [5.41, 5.74) is -0.105. The van der Waals surface area contributed by atoms with E-state index in [4.69, 9.17) is 0 Å². The van der Waals surface area contributed by atoms with E-state index in [2.05, 4.69) is 24.8 Å². The molecule has 2 heteroatoms. The van der Waals surface area contributed by atoms with E-state index in [0.717, 1.165) is 37.8 Å². The van der Waals surface area contributed by atoms with E-state index >= 15 is 0 Å². The fourth-order valence-corrected chi connectivity index (χ4v) is 3.61. The van der Waals surface area contributed by atoms with E-state index in [-0.39, 0.29) is 5.54 Å². The van der Waals surface area contributed by atoms with Gasteiger partial charge in [0.2, 0.25) is 0 Å². The van der Waals surface area contributed by atoms with Crippen LogP contribution in [0.1, 0.15) is 58.8 Å². The number of likely N-dealkylation sites (tertiary alicyclic amines) is 1. The van der Waals surface area contributed by atoms with Crippen molar-refractivity contribution >= 4 is 0 Å². The number of piperidine rings is 1. The van der Waals surface area contributed by atoms with Crippen molar-refractivity contribution in [1.82, 2.24) is 4.90 Å². The highest BCUT2D eigenvalue weighted by Crippen LogP contribution is 2.39. The molecule has 1 saturated carbocycles. The topological polar surface area (TPSA) is 27.0 Å². The summed E-state index contributed by atoms with van der Waals surface area (Å²) in [5, 5.41) is 9.63. The van der Waals surface area contributed by atoms with Crippen molar-refractivity contribution in [2.75, 3.05) is 13.1 Å². The average molecular weight is 234 g/mol. The third-order valence-corrected chi connectivity index (χ3v) is 4.97. The summed E-state index contributed by atoms with van der Waals surface area (Å²) >= 11 is 0. The minimum atomic E-state index is -0.105. The molecular formula is C15H26N2. The van der Waals surface area contributed by atoms with Crippen LogP contribution in [0.5, 0.6) is 0 Å². The van der Waals surface area contributed by atoms with Crippen molar-refractivity contribution in [2.24, 2.45) is 11.8 Å². The van der Waals surface area contributed by atoms with Gasteiger partial charge in [0.1, 0.15) is 5.54 Å². The van der Waals surface area contributed by atoms with Crippen LogP contribution in [-0.4, -0.2) is 23.5 Å². The van der Waals surface area contributed by atoms with Gasteiger partial charge < -0.3 is 0 Å². The van der Waals surface area contributed by atoms with Crippen molar-refractivity contribution in [3.05, 3.63) is 0 Å². The van der Waals surface area contributed by atoms with E-state index in [0.29, 0.717) is 0 Å². The van der Waals surface area contributed by atoms with Gasteiger partial charge in [-0.1, -0.05) is 20.3 Å². The van der Waals surface area contributed by atoms with Gasteiger partial charge in [0.15, 0.2) is 0 Å². The van der Waals surface area contributed by atoms with Crippen LogP contribution in [-0.2, 0) is 0 Å². The third kappa shape index (κ3) is 2.65. The predicted molar refractivity (Wildman–Crippen MR) is 70.6 cm³/mol. The number of hydrogen-bond donors (Lipinski definition) is 0. The van der Waals surface area contributed by atoms with Crippen LogP contribution in [0.15, 0.2) is 0 Å². The molecule has 2 rings (SSSR count). The molecule has 1 aliphatic heterocycles. The van der Waals surface area contributed by atoms with E-state index < -0.39 is 0 Å². The zero-order valence-electron chi connectivity index (χ0n) is 11.4. The Morgan fingerprint density at radius 3 is 2.18 bits per heavy atom. The third-order valence-electron chi connectivity index (χ3n) is 4.97. The molecule has 0 bridgehead atoms. The summed E-state index contributed by atoms with van der Waals surface area (Å²) in [4.78, 5) is 2.49. The number of rotatable bonds is 2. The van der Waals surface area contributed by atoms with Crippen LogP contribution in [0.2, 0.25) is 0 Å². The Balaban J connectivity index is 2.00. The highest BCUT2D eigenvalue weighted by atomic mass is 15.2. The molecule has 0 spiro atoms. The first kappa shape index (κ1) is 12.9. The zero-order valence-corrected chi connectivity index (χ0v) is 11.4. The van der Waals surface area contributed by atoms with Gasteiger partial charge in [0.05, 0.1) is 6.07 Å². The van der Waals surface area contributed by atoms with Gasteiger partial charge in [0.25, 0.3) is 0 Å². The molecule has 0 N–H and O–H groups in total. The lowest BCUT2D eigenvalue weighted by atomic mass is 9.72. The van der Waals surface area contributed by atoms with Gasteiger partial charge >= 0.3 is 0 Å². The van der Waals surface area contributed by atoms with Crippen molar-refractivity contribution < 1.29 is 0 Å². The minimum Gasteiger partial charge on any atom is -0.286 e. The summed E-state index contributed by atoms with van der Waals surface area (Å²) in [7, 11) is 0. The Labute approximate surface area is 106 Å². The second-order valence-corrected chi connectivity index (χ2v) is 6.27. The molecule has 0 unspecified atom stereocenters.